The van der Waals surface area contributed by atoms with Gasteiger partial charge in [0, 0.05) is 17.7 Å². The summed E-state index contributed by atoms with van der Waals surface area (Å²) in [6, 6.07) is 5.77. The fraction of sp³-hybridized carbons (Fsp3) is 0.444. The van der Waals surface area contributed by atoms with Crippen LogP contribution in [-0.4, -0.2) is 0 Å². The molecule has 5 rings (SSSR count). The number of hydrogen-bond acceptors (Lipinski definition) is 1. The molecule has 1 nitrogen and oxygen atoms in total. The third kappa shape index (κ3) is 7.55. The van der Waals surface area contributed by atoms with Crippen molar-refractivity contribution in [3.05, 3.63) is 101 Å². The lowest BCUT2D eigenvalue weighted by atomic mass is 9.68. The fourth-order valence-electron chi connectivity index (χ4n) is 7.19. The van der Waals surface area contributed by atoms with E-state index in [9.17, 15) is 30.7 Å². The van der Waals surface area contributed by atoms with E-state index < -0.39 is 52.3 Å². The molecule has 9 heteroatoms. The zero-order valence-corrected chi connectivity index (χ0v) is 25.0. The summed E-state index contributed by atoms with van der Waals surface area (Å²) in [6.07, 6.45) is 11.2. The number of benzene rings is 3. The molecule has 2 saturated carbocycles. The van der Waals surface area contributed by atoms with Crippen molar-refractivity contribution in [2.24, 2.45) is 17.8 Å². The Hall–Kier alpha value is -3.36. The first-order chi connectivity index (χ1) is 21.5. The minimum absolute atomic E-state index is 0.124. The largest absolute Gasteiger partial charge is 0.432 e. The van der Waals surface area contributed by atoms with Crippen molar-refractivity contribution in [1.29, 1.82) is 0 Å². The Morgan fingerprint density at radius 3 is 1.84 bits per heavy atom. The number of ether oxygens (including phenoxy) is 1. The summed E-state index contributed by atoms with van der Waals surface area (Å²) in [6.45, 7) is 2.05. The maximum absolute atomic E-state index is 15.3. The Kier molecular flexibility index (Phi) is 10.2. The van der Waals surface area contributed by atoms with Gasteiger partial charge in [-0.1, -0.05) is 37.1 Å². The van der Waals surface area contributed by atoms with Crippen LogP contribution in [0.5, 0.6) is 5.75 Å². The second-order valence-corrected chi connectivity index (χ2v) is 12.4. The summed E-state index contributed by atoms with van der Waals surface area (Å²) < 4.78 is 119. The SMILES string of the molecule is CC=CCCC1CCC(C2CCC(c3ccc(-c4cc(F)c(C(F)(F)Oc5cc(F)c(F)c(F)c5)c(F)c4)c(F)c3)CC2)CC1. The number of halogens is 8. The Labute approximate surface area is 258 Å². The molecule has 242 valence electrons. The van der Waals surface area contributed by atoms with E-state index in [0.717, 1.165) is 49.5 Å². The summed E-state index contributed by atoms with van der Waals surface area (Å²) in [5.74, 6) is -8.60. The molecule has 3 aromatic carbocycles. The van der Waals surface area contributed by atoms with Crippen molar-refractivity contribution in [2.75, 3.05) is 0 Å². The molecule has 45 heavy (non-hydrogen) atoms. The maximum atomic E-state index is 15.3. The lowest BCUT2D eigenvalue weighted by molar-refractivity contribution is -0.189. The Bertz CT molecular complexity index is 1470. The van der Waals surface area contributed by atoms with Gasteiger partial charge in [-0.2, -0.15) is 8.78 Å². The van der Waals surface area contributed by atoms with E-state index in [4.69, 9.17) is 0 Å². The first-order valence-electron chi connectivity index (χ1n) is 15.6. The normalized spacial score (nSPS) is 22.6. The van der Waals surface area contributed by atoms with Gasteiger partial charge in [0.2, 0.25) is 0 Å². The Balaban J connectivity index is 1.23. The third-order valence-corrected chi connectivity index (χ3v) is 9.62. The first kappa shape index (κ1) is 33.0. The number of hydrogen-bond donors (Lipinski definition) is 0. The van der Waals surface area contributed by atoms with Gasteiger partial charge in [0.05, 0.1) is 0 Å². The molecule has 0 amide bonds. The molecule has 0 N–H and O–H groups in total. The van der Waals surface area contributed by atoms with Crippen LogP contribution in [0.25, 0.3) is 11.1 Å². The van der Waals surface area contributed by atoms with Gasteiger partial charge in [-0.25, -0.2) is 26.3 Å². The molecule has 0 spiro atoms. The highest BCUT2D eigenvalue weighted by molar-refractivity contribution is 5.65. The minimum Gasteiger partial charge on any atom is -0.429 e. The van der Waals surface area contributed by atoms with Crippen molar-refractivity contribution in [3.8, 4) is 16.9 Å². The Morgan fingerprint density at radius 1 is 0.711 bits per heavy atom. The van der Waals surface area contributed by atoms with E-state index in [-0.39, 0.29) is 29.2 Å². The highest BCUT2D eigenvalue weighted by Gasteiger charge is 2.42. The lowest BCUT2D eigenvalue weighted by Gasteiger charge is -2.38. The summed E-state index contributed by atoms with van der Waals surface area (Å²) >= 11 is 0. The van der Waals surface area contributed by atoms with Crippen LogP contribution in [0.15, 0.2) is 54.6 Å². The van der Waals surface area contributed by atoms with Gasteiger partial charge >= 0.3 is 6.11 Å². The topological polar surface area (TPSA) is 9.23 Å². The van der Waals surface area contributed by atoms with Crippen LogP contribution in [0.4, 0.5) is 35.1 Å². The van der Waals surface area contributed by atoms with Gasteiger partial charge in [-0.3, -0.25) is 0 Å². The predicted octanol–water partition coefficient (Wildman–Crippen LogP) is 11.8. The molecule has 0 aliphatic heterocycles. The van der Waals surface area contributed by atoms with Crippen LogP contribution in [0.3, 0.4) is 0 Å². The first-order valence-corrected chi connectivity index (χ1v) is 15.6. The van der Waals surface area contributed by atoms with Crippen molar-refractivity contribution >= 4 is 0 Å². The van der Waals surface area contributed by atoms with Gasteiger partial charge in [0.15, 0.2) is 17.5 Å². The van der Waals surface area contributed by atoms with E-state index in [2.05, 4.69) is 23.8 Å². The summed E-state index contributed by atoms with van der Waals surface area (Å²) in [5, 5.41) is 0. The molecule has 0 bridgehead atoms. The van der Waals surface area contributed by atoms with E-state index in [1.807, 2.05) is 0 Å². The van der Waals surface area contributed by atoms with Crippen LogP contribution in [0.1, 0.15) is 88.2 Å². The number of rotatable bonds is 9. The number of alkyl halides is 2. The predicted molar refractivity (Wildman–Crippen MR) is 157 cm³/mol. The minimum atomic E-state index is -4.73. The quantitative estimate of drug-likeness (QED) is 0.129. The highest BCUT2D eigenvalue weighted by Crippen LogP contribution is 2.45. The summed E-state index contributed by atoms with van der Waals surface area (Å²) in [4.78, 5) is 0. The van der Waals surface area contributed by atoms with Crippen molar-refractivity contribution in [2.45, 2.75) is 83.2 Å². The monoisotopic (exact) mass is 636 g/mol. The van der Waals surface area contributed by atoms with Gasteiger partial charge in [-0.05, 0) is 111 Å². The smallest absolute Gasteiger partial charge is 0.429 e. The molecule has 0 saturated heterocycles. The van der Waals surface area contributed by atoms with Gasteiger partial charge < -0.3 is 4.74 Å². The molecule has 2 aliphatic carbocycles. The molecule has 2 aliphatic rings. The fourth-order valence-corrected chi connectivity index (χ4v) is 7.19. The van der Waals surface area contributed by atoms with Crippen molar-refractivity contribution in [3.63, 3.8) is 0 Å². The second-order valence-electron chi connectivity index (χ2n) is 12.4. The van der Waals surface area contributed by atoms with Gasteiger partial charge in [0.25, 0.3) is 0 Å². The molecule has 2 fully saturated rings. The lowest BCUT2D eigenvalue weighted by Crippen LogP contribution is -2.25. The molecule has 0 heterocycles. The van der Waals surface area contributed by atoms with Gasteiger partial charge in [0.1, 0.15) is 28.8 Å². The van der Waals surface area contributed by atoms with Crippen LogP contribution in [0, 0.1) is 52.7 Å². The molecular weight excluding hydrogens is 600 g/mol. The average molecular weight is 637 g/mol. The zero-order chi connectivity index (χ0) is 32.3. The van der Waals surface area contributed by atoms with E-state index in [1.165, 1.54) is 44.2 Å². The van der Waals surface area contributed by atoms with E-state index in [1.54, 1.807) is 6.07 Å². The zero-order valence-electron chi connectivity index (χ0n) is 25.0. The molecule has 3 aromatic rings. The van der Waals surface area contributed by atoms with E-state index >= 15 is 4.39 Å². The number of allylic oxidation sites excluding steroid dienone is 2. The summed E-state index contributed by atoms with van der Waals surface area (Å²) in [7, 11) is 0. The summed E-state index contributed by atoms with van der Waals surface area (Å²) in [5.41, 5.74) is -1.53. The standard InChI is InChI=1S/C36H36F8O/c1-2-3-4-5-21-6-8-22(9-7-21)23-10-12-24(13-11-23)25-14-15-28(29(37)16-25)26-17-30(38)34(31(39)18-26)36(43,44)45-27-19-32(40)35(42)33(41)20-27/h2-3,14-24H,4-13H2,1H3. The molecular formula is C36H36F8O. The maximum Gasteiger partial charge on any atom is 0.432 e. The highest BCUT2D eigenvalue weighted by atomic mass is 19.3. The van der Waals surface area contributed by atoms with Gasteiger partial charge in [-0.15, -0.1) is 0 Å². The Morgan fingerprint density at radius 2 is 1.29 bits per heavy atom. The van der Waals surface area contributed by atoms with Crippen LogP contribution in [0.2, 0.25) is 0 Å². The van der Waals surface area contributed by atoms with Crippen LogP contribution in [-0.2, 0) is 6.11 Å². The average Bonchev–Trinajstić information content (AvgIpc) is 2.99. The molecule has 0 aromatic heterocycles. The molecule has 0 unspecified atom stereocenters. The van der Waals surface area contributed by atoms with Crippen molar-refractivity contribution in [1.82, 2.24) is 0 Å². The van der Waals surface area contributed by atoms with Crippen molar-refractivity contribution < 1.29 is 39.9 Å². The third-order valence-electron chi connectivity index (χ3n) is 9.62. The second kappa shape index (κ2) is 14.0. The molecule has 0 radical (unpaired) electrons. The van der Waals surface area contributed by atoms with Crippen LogP contribution < -0.4 is 4.74 Å². The van der Waals surface area contributed by atoms with E-state index in [0.29, 0.717) is 18.1 Å². The van der Waals surface area contributed by atoms with Crippen LogP contribution >= 0.6 is 0 Å². The molecule has 0 atom stereocenters.